The fourth-order valence-corrected chi connectivity index (χ4v) is 5.02. The predicted molar refractivity (Wildman–Crippen MR) is 87.4 cm³/mol. The molecule has 2 aliphatic carbocycles. The van der Waals surface area contributed by atoms with Crippen molar-refractivity contribution in [3.63, 3.8) is 0 Å². The van der Waals surface area contributed by atoms with Crippen LogP contribution in [0.3, 0.4) is 0 Å². The summed E-state index contributed by atoms with van der Waals surface area (Å²) < 4.78 is 0. The second-order valence-corrected chi connectivity index (χ2v) is 7.43. The number of rotatable bonds is 3. The van der Waals surface area contributed by atoms with Gasteiger partial charge in [-0.05, 0) is 62.6 Å². The van der Waals surface area contributed by atoms with Crippen molar-refractivity contribution in [2.75, 3.05) is 19.6 Å². The van der Waals surface area contributed by atoms with Gasteiger partial charge in [-0.2, -0.15) is 0 Å². The number of hydrogen-bond donors (Lipinski definition) is 1. The summed E-state index contributed by atoms with van der Waals surface area (Å²) in [5, 5.41) is 3.79. The van der Waals surface area contributed by atoms with Crippen molar-refractivity contribution in [3.8, 4) is 0 Å². The minimum Gasteiger partial charge on any atom is -0.312 e. The Hall–Kier alpha value is -0.860. The molecular weight excluding hydrogens is 256 g/mol. The zero-order chi connectivity index (χ0) is 14.1. The molecule has 3 fully saturated rings. The van der Waals surface area contributed by atoms with Gasteiger partial charge in [-0.25, -0.2) is 0 Å². The van der Waals surface area contributed by atoms with Crippen molar-refractivity contribution in [2.45, 2.75) is 50.6 Å². The zero-order valence-electron chi connectivity index (χ0n) is 13.0. The van der Waals surface area contributed by atoms with Gasteiger partial charge in [0, 0.05) is 18.6 Å². The molecule has 0 radical (unpaired) electrons. The maximum Gasteiger partial charge on any atom is 0.0235 e. The molecule has 4 unspecified atom stereocenters. The number of hydrogen-bond acceptors (Lipinski definition) is 2. The summed E-state index contributed by atoms with van der Waals surface area (Å²) in [4.78, 5) is 2.84. The van der Waals surface area contributed by atoms with Crippen LogP contribution in [0.1, 0.15) is 37.7 Å². The lowest BCUT2D eigenvalue weighted by Crippen LogP contribution is -2.45. The first kappa shape index (κ1) is 13.8. The van der Waals surface area contributed by atoms with E-state index in [0.29, 0.717) is 6.04 Å². The molecule has 2 nitrogen and oxygen atoms in total. The fraction of sp³-hybridized carbons (Fsp3) is 0.684. The maximum absolute atomic E-state index is 3.79. The molecule has 4 atom stereocenters. The van der Waals surface area contributed by atoms with Crippen molar-refractivity contribution in [3.05, 3.63) is 35.9 Å². The predicted octanol–water partition coefficient (Wildman–Crippen LogP) is 3.08. The molecule has 0 amide bonds. The van der Waals surface area contributed by atoms with Crippen LogP contribution in [0.4, 0.5) is 0 Å². The van der Waals surface area contributed by atoms with E-state index in [1.807, 2.05) is 0 Å². The van der Waals surface area contributed by atoms with Crippen LogP contribution in [-0.2, 0) is 6.42 Å². The van der Waals surface area contributed by atoms with Crippen LogP contribution >= 0.6 is 0 Å². The molecule has 21 heavy (non-hydrogen) atoms. The third kappa shape index (κ3) is 3.02. The molecule has 1 saturated heterocycles. The summed E-state index contributed by atoms with van der Waals surface area (Å²) in [6, 6.07) is 12.5. The Morgan fingerprint density at radius 3 is 2.76 bits per heavy atom. The monoisotopic (exact) mass is 284 g/mol. The summed E-state index contributed by atoms with van der Waals surface area (Å²) in [5.41, 5.74) is 1.48. The largest absolute Gasteiger partial charge is 0.312 e. The Kier molecular flexibility index (Phi) is 4.00. The highest BCUT2D eigenvalue weighted by molar-refractivity contribution is 5.16. The standard InChI is InChI=1S/C19H28N2/c1-2-5-15(6-3-1)12-18-14-21(10-4-9-20-18)19-13-16-7-8-17(19)11-16/h1-3,5-6,16-20H,4,7-14H2. The summed E-state index contributed by atoms with van der Waals surface area (Å²) in [6.07, 6.45) is 8.53. The Morgan fingerprint density at radius 2 is 2.00 bits per heavy atom. The Balaban J connectivity index is 1.41. The van der Waals surface area contributed by atoms with Gasteiger partial charge in [-0.1, -0.05) is 36.8 Å². The van der Waals surface area contributed by atoms with Crippen molar-refractivity contribution in [1.29, 1.82) is 0 Å². The van der Waals surface area contributed by atoms with E-state index in [2.05, 4.69) is 40.5 Å². The lowest BCUT2D eigenvalue weighted by Gasteiger charge is -2.35. The molecule has 0 aromatic heterocycles. The van der Waals surface area contributed by atoms with Gasteiger partial charge in [0.1, 0.15) is 0 Å². The summed E-state index contributed by atoms with van der Waals surface area (Å²) in [7, 11) is 0. The van der Waals surface area contributed by atoms with Crippen LogP contribution in [0.25, 0.3) is 0 Å². The highest BCUT2D eigenvalue weighted by atomic mass is 15.2. The molecule has 1 N–H and O–H groups in total. The molecule has 4 rings (SSSR count). The van der Waals surface area contributed by atoms with E-state index in [1.54, 1.807) is 0 Å². The van der Waals surface area contributed by atoms with Crippen LogP contribution in [0, 0.1) is 11.8 Å². The molecule has 2 bridgehead atoms. The number of nitrogens with zero attached hydrogens (tertiary/aromatic N) is 1. The highest BCUT2D eigenvalue weighted by Crippen LogP contribution is 2.46. The van der Waals surface area contributed by atoms with Crippen molar-refractivity contribution in [1.82, 2.24) is 10.2 Å². The normalized spacial score (nSPS) is 36.8. The number of fused-ring (bicyclic) bond motifs is 2. The molecule has 1 aromatic carbocycles. The molecular formula is C19H28N2. The van der Waals surface area contributed by atoms with Gasteiger partial charge in [-0.3, -0.25) is 4.90 Å². The minimum atomic E-state index is 0.633. The fourth-order valence-electron chi connectivity index (χ4n) is 5.02. The van der Waals surface area contributed by atoms with Crippen molar-refractivity contribution >= 4 is 0 Å². The summed E-state index contributed by atoms with van der Waals surface area (Å²) in [5.74, 6) is 2.08. The Labute approximate surface area is 128 Å². The quantitative estimate of drug-likeness (QED) is 0.917. The summed E-state index contributed by atoms with van der Waals surface area (Å²) >= 11 is 0. The number of benzene rings is 1. The SMILES string of the molecule is c1ccc(CC2CN(C3CC4CCC3C4)CCCN2)cc1. The van der Waals surface area contributed by atoms with Gasteiger partial charge in [0.05, 0.1) is 0 Å². The second-order valence-electron chi connectivity index (χ2n) is 7.43. The Morgan fingerprint density at radius 1 is 1.10 bits per heavy atom. The third-order valence-electron chi connectivity index (χ3n) is 6.00. The molecule has 1 aromatic rings. The van der Waals surface area contributed by atoms with E-state index in [-0.39, 0.29) is 0 Å². The third-order valence-corrected chi connectivity index (χ3v) is 6.00. The van der Waals surface area contributed by atoms with Crippen molar-refractivity contribution in [2.24, 2.45) is 11.8 Å². The van der Waals surface area contributed by atoms with Gasteiger partial charge in [0.25, 0.3) is 0 Å². The Bertz CT molecular complexity index is 458. The van der Waals surface area contributed by atoms with E-state index in [9.17, 15) is 0 Å². The lowest BCUT2D eigenvalue weighted by molar-refractivity contribution is 0.140. The van der Waals surface area contributed by atoms with Gasteiger partial charge in [-0.15, -0.1) is 0 Å². The van der Waals surface area contributed by atoms with E-state index >= 15 is 0 Å². The first-order chi connectivity index (χ1) is 10.4. The molecule has 2 saturated carbocycles. The lowest BCUT2D eigenvalue weighted by atomic mass is 9.93. The highest BCUT2D eigenvalue weighted by Gasteiger charge is 2.42. The van der Waals surface area contributed by atoms with Crippen LogP contribution in [-0.4, -0.2) is 36.6 Å². The van der Waals surface area contributed by atoms with Gasteiger partial charge in [0.15, 0.2) is 0 Å². The molecule has 1 aliphatic heterocycles. The zero-order valence-corrected chi connectivity index (χ0v) is 13.0. The second kappa shape index (κ2) is 6.10. The molecule has 0 spiro atoms. The first-order valence-corrected chi connectivity index (χ1v) is 8.90. The van der Waals surface area contributed by atoms with Gasteiger partial charge < -0.3 is 5.32 Å². The smallest absolute Gasteiger partial charge is 0.0235 e. The van der Waals surface area contributed by atoms with Crippen LogP contribution in [0.2, 0.25) is 0 Å². The molecule has 2 heteroatoms. The van der Waals surface area contributed by atoms with Crippen LogP contribution < -0.4 is 5.32 Å². The maximum atomic E-state index is 3.79. The summed E-state index contributed by atoms with van der Waals surface area (Å²) in [6.45, 7) is 3.75. The van der Waals surface area contributed by atoms with Crippen LogP contribution in [0.15, 0.2) is 30.3 Å². The first-order valence-electron chi connectivity index (χ1n) is 8.90. The van der Waals surface area contributed by atoms with E-state index in [4.69, 9.17) is 0 Å². The van der Waals surface area contributed by atoms with E-state index in [1.165, 1.54) is 63.7 Å². The molecule has 114 valence electrons. The van der Waals surface area contributed by atoms with E-state index < -0.39 is 0 Å². The topological polar surface area (TPSA) is 15.3 Å². The van der Waals surface area contributed by atoms with Gasteiger partial charge >= 0.3 is 0 Å². The number of nitrogens with one attached hydrogen (secondary N) is 1. The van der Waals surface area contributed by atoms with Gasteiger partial charge in [0.2, 0.25) is 0 Å². The van der Waals surface area contributed by atoms with Crippen molar-refractivity contribution < 1.29 is 0 Å². The van der Waals surface area contributed by atoms with Crippen LogP contribution in [0.5, 0.6) is 0 Å². The molecule has 3 aliphatic rings. The average molecular weight is 284 g/mol. The van der Waals surface area contributed by atoms with E-state index in [0.717, 1.165) is 17.9 Å². The minimum absolute atomic E-state index is 0.633. The molecule has 1 heterocycles. The average Bonchev–Trinajstić information content (AvgIpc) is 3.07.